The highest BCUT2D eigenvalue weighted by atomic mass is 16.5. The zero-order valence-electron chi connectivity index (χ0n) is 19.2. The molecule has 1 saturated carbocycles. The molecular weight excluding hydrogens is 434 g/mol. The monoisotopic (exact) mass is 463 g/mol. The maximum atomic E-state index is 13.6. The van der Waals surface area contributed by atoms with E-state index in [1.54, 1.807) is 18.1 Å². The number of amides is 3. The van der Waals surface area contributed by atoms with Gasteiger partial charge in [0.15, 0.2) is 0 Å². The van der Waals surface area contributed by atoms with Crippen LogP contribution >= 0.6 is 0 Å². The van der Waals surface area contributed by atoms with E-state index >= 15 is 0 Å². The molecule has 0 spiro atoms. The molecule has 0 unspecified atom stereocenters. The molecule has 1 aromatic carbocycles. The van der Waals surface area contributed by atoms with Gasteiger partial charge >= 0.3 is 0 Å². The Morgan fingerprint density at radius 2 is 2.18 bits per heavy atom. The minimum atomic E-state index is -0.768. The van der Waals surface area contributed by atoms with Gasteiger partial charge in [0.25, 0.3) is 5.91 Å². The molecule has 2 aliphatic heterocycles. The van der Waals surface area contributed by atoms with Gasteiger partial charge in [-0.2, -0.15) is 5.26 Å². The summed E-state index contributed by atoms with van der Waals surface area (Å²) in [5, 5.41) is 16.1. The van der Waals surface area contributed by atoms with Gasteiger partial charge in [-0.05, 0) is 55.7 Å². The first kappa shape index (κ1) is 22.3. The average Bonchev–Trinajstić information content (AvgIpc) is 3.61. The number of fused-ring (bicyclic) bond motifs is 2. The van der Waals surface area contributed by atoms with Gasteiger partial charge in [0, 0.05) is 29.9 Å². The number of benzene rings is 1. The lowest BCUT2D eigenvalue weighted by Crippen LogP contribution is -2.51. The third kappa shape index (κ3) is 3.87. The number of methoxy groups -OCH3 is 1. The molecule has 2 aromatic rings. The molecule has 0 bridgehead atoms. The summed E-state index contributed by atoms with van der Waals surface area (Å²) in [6.07, 6.45) is 3.85. The maximum absolute atomic E-state index is 13.6. The van der Waals surface area contributed by atoms with Crippen molar-refractivity contribution in [3.8, 4) is 11.8 Å². The van der Waals surface area contributed by atoms with Crippen LogP contribution in [0.5, 0.6) is 5.75 Å². The number of likely N-dealkylation sites (tertiary alicyclic amines) is 1. The van der Waals surface area contributed by atoms with E-state index in [0.717, 1.165) is 30.2 Å². The van der Waals surface area contributed by atoms with Gasteiger partial charge in [0.05, 0.1) is 13.2 Å². The Morgan fingerprint density at radius 1 is 1.32 bits per heavy atom. The second-order valence-electron chi connectivity index (χ2n) is 9.56. The van der Waals surface area contributed by atoms with Crippen LogP contribution in [0.3, 0.4) is 0 Å². The Balaban J connectivity index is 1.37. The van der Waals surface area contributed by atoms with Crippen molar-refractivity contribution in [3.05, 3.63) is 30.0 Å². The average molecular weight is 464 g/mol. The molecule has 1 aromatic heterocycles. The van der Waals surface area contributed by atoms with Gasteiger partial charge < -0.3 is 25.3 Å². The number of carbonyl (C=O) groups excluding carboxylic acids is 3. The molecule has 5 rings (SSSR count). The fourth-order valence-electron chi connectivity index (χ4n) is 5.98. The van der Waals surface area contributed by atoms with Gasteiger partial charge in [-0.15, -0.1) is 0 Å². The third-order valence-corrected chi connectivity index (χ3v) is 7.65. The minimum Gasteiger partial charge on any atom is -0.496 e. The molecule has 5 atom stereocenters. The Hall–Kier alpha value is -3.54. The first-order valence-electron chi connectivity index (χ1n) is 11.9. The molecule has 3 amide bonds. The van der Waals surface area contributed by atoms with E-state index in [-0.39, 0.29) is 41.9 Å². The first-order chi connectivity index (χ1) is 16.5. The van der Waals surface area contributed by atoms with Crippen molar-refractivity contribution in [2.75, 3.05) is 20.2 Å². The SMILES string of the molecule is COc1cccc2[nH]c(C(=O)N3C[C@@H]4CCC[C@@H]4[C@H]3C(=O)N[C@H](C#N)C[C@@H]3CCNC3=O)cc12. The van der Waals surface area contributed by atoms with E-state index in [1.165, 1.54) is 0 Å². The third-order valence-electron chi connectivity index (χ3n) is 7.65. The van der Waals surface area contributed by atoms with E-state index in [2.05, 4.69) is 21.7 Å². The van der Waals surface area contributed by atoms with Gasteiger partial charge in [-0.3, -0.25) is 14.4 Å². The summed E-state index contributed by atoms with van der Waals surface area (Å²) in [7, 11) is 1.59. The van der Waals surface area contributed by atoms with Crippen LogP contribution in [0.25, 0.3) is 10.9 Å². The van der Waals surface area contributed by atoms with Gasteiger partial charge in [0.1, 0.15) is 23.5 Å². The number of ether oxygens (including phenoxy) is 1. The van der Waals surface area contributed by atoms with Crippen molar-refractivity contribution in [1.82, 2.24) is 20.5 Å². The van der Waals surface area contributed by atoms with E-state index in [1.807, 2.05) is 18.2 Å². The fraction of sp³-hybridized carbons (Fsp3) is 0.520. The second kappa shape index (κ2) is 9.01. The molecule has 2 saturated heterocycles. The number of aromatic amines is 1. The highest BCUT2D eigenvalue weighted by Crippen LogP contribution is 2.43. The zero-order chi connectivity index (χ0) is 23.8. The molecule has 178 valence electrons. The minimum absolute atomic E-state index is 0.0720. The predicted octanol–water partition coefficient (Wildman–Crippen LogP) is 1.95. The number of nitrogens with zero attached hydrogens (tertiary/aromatic N) is 2. The second-order valence-corrected chi connectivity index (χ2v) is 9.56. The summed E-state index contributed by atoms with van der Waals surface area (Å²) in [5.74, 6) is 0.159. The van der Waals surface area contributed by atoms with E-state index < -0.39 is 12.1 Å². The lowest BCUT2D eigenvalue weighted by molar-refractivity contribution is -0.127. The first-order valence-corrected chi connectivity index (χ1v) is 11.9. The fourth-order valence-corrected chi connectivity index (χ4v) is 5.98. The standard InChI is InChI=1S/C25H29N5O4/c1-34-21-7-3-6-19-18(21)11-20(29-19)25(33)30-13-15-4-2-5-17(15)22(30)24(32)28-16(12-26)10-14-8-9-27-23(14)31/h3,6-7,11,14-17,22,29H,2,4-5,8-10,13H2,1H3,(H,27,31)(H,28,32)/t14-,15-,16-,17-,22-/m0/s1. The van der Waals surface area contributed by atoms with Gasteiger partial charge in [0.2, 0.25) is 11.8 Å². The molecule has 3 fully saturated rings. The Labute approximate surface area is 197 Å². The smallest absolute Gasteiger partial charge is 0.271 e. The summed E-state index contributed by atoms with van der Waals surface area (Å²) < 4.78 is 5.42. The van der Waals surface area contributed by atoms with Crippen LogP contribution < -0.4 is 15.4 Å². The number of nitrogens with one attached hydrogen (secondary N) is 3. The molecule has 3 aliphatic rings. The molecule has 9 nitrogen and oxygen atoms in total. The topological polar surface area (TPSA) is 127 Å². The van der Waals surface area contributed by atoms with Crippen molar-refractivity contribution >= 4 is 28.6 Å². The van der Waals surface area contributed by atoms with E-state index in [4.69, 9.17) is 4.74 Å². The molecule has 3 N–H and O–H groups in total. The molecule has 1 aliphatic carbocycles. The van der Waals surface area contributed by atoms with Gasteiger partial charge in [-0.25, -0.2) is 0 Å². The number of H-pyrrole nitrogens is 1. The van der Waals surface area contributed by atoms with Crippen LogP contribution in [0.4, 0.5) is 0 Å². The lowest BCUT2D eigenvalue weighted by Gasteiger charge is -2.28. The molecule has 0 radical (unpaired) electrons. The number of carbonyl (C=O) groups is 3. The van der Waals surface area contributed by atoms with Crippen molar-refractivity contribution in [3.63, 3.8) is 0 Å². The van der Waals surface area contributed by atoms with Crippen molar-refractivity contribution in [2.24, 2.45) is 17.8 Å². The highest BCUT2D eigenvalue weighted by molar-refractivity contribution is 6.02. The number of rotatable bonds is 6. The number of aromatic nitrogens is 1. The Kier molecular flexibility index (Phi) is 5.90. The van der Waals surface area contributed by atoms with Crippen LogP contribution in [0.15, 0.2) is 24.3 Å². The maximum Gasteiger partial charge on any atom is 0.271 e. The molecule has 3 heterocycles. The van der Waals surface area contributed by atoms with Crippen molar-refractivity contribution in [1.29, 1.82) is 5.26 Å². The summed E-state index contributed by atoms with van der Waals surface area (Å²) in [6, 6.07) is 8.10. The Bertz CT molecular complexity index is 1170. The quantitative estimate of drug-likeness (QED) is 0.603. The largest absolute Gasteiger partial charge is 0.496 e. The Morgan fingerprint density at radius 3 is 2.91 bits per heavy atom. The van der Waals surface area contributed by atoms with Crippen LogP contribution in [0, 0.1) is 29.1 Å². The highest BCUT2D eigenvalue weighted by Gasteiger charge is 2.50. The molecular formula is C25H29N5O4. The normalized spacial score (nSPS) is 26.7. The number of hydrogen-bond acceptors (Lipinski definition) is 5. The van der Waals surface area contributed by atoms with Crippen LogP contribution in [-0.4, -0.2) is 59.9 Å². The van der Waals surface area contributed by atoms with Gasteiger partial charge in [-0.1, -0.05) is 12.5 Å². The lowest BCUT2D eigenvalue weighted by atomic mass is 9.92. The summed E-state index contributed by atoms with van der Waals surface area (Å²) in [6.45, 7) is 1.12. The van der Waals surface area contributed by atoms with E-state index in [9.17, 15) is 19.6 Å². The van der Waals surface area contributed by atoms with Crippen LogP contribution in [-0.2, 0) is 9.59 Å². The summed E-state index contributed by atoms with van der Waals surface area (Å²) in [4.78, 5) is 43.8. The summed E-state index contributed by atoms with van der Waals surface area (Å²) >= 11 is 0. The zero-order valence-corrected chi connectivity index (χ0v) is 19.2. The number of nitriles is 1. The van der Waals surface area contributed by atoms with Crippen molar-refractivity contribution < 1.29 is 19.1 Å². The molecule has 34 heavy (non-hydrogen) atoms. The predicted molar refractivity (Wildman–Crippen MR) is 124 cm³/mol. The van der Waals surface area contributed by atoms with E-state index in [0.29, 0.717) is 31.0 Å². The molecule has 9 heteroatoms. The van der Waals surface area contributed by atoms with Crippen LogP contribution in [0.2, 0.25) is 0 Å². The summed E-state index contributed by atoms with van der Waals surface area (Å²) in [5.41, 5.74) is 1.21. The van der Waals surface area contributed by atoms with Crippen molar-refractivity contribution in [2.45, 2.75) is 44.2 Å². The van der Waals surface area contributed by atoms with Crippen LogP contribution in [0.1, 0.15) is 42.6 Å². The number of hydrogen-bond donors (Lipinski definition) is 3.